The summed E-state index contributed by atoms with van der Waals surface area (Å²) >= 11 is 5.86. The zero-order valence-electron chi connectivity index (χ0n) is 14.0. The maximum absolute atomic E-state index is 12.2. The third-order valence-electron chi connectivity index (χ3n) is 3.71. The number of unbranched alkanes of at least 4 members (excludes halogenated alkanes) is 2. The first-order valence-corrected chi connectivity index (χ1v) is 8.79. The molecule has 0 bridgehead atoms. The highest BCUT2D eigenvalue weighted by Gasteiger charge is 2.07. The summed E-state index contributed by atoms with van der Waals surface area (Å²) in [7, 11) is 0. The molecule has 0 fully saturated rings. The molecule has 1 heterocycles. The number of carbonyl (C=O) groups excluding carboxylic acids is 1. The molecule has 1 aromatic carbocycles. The van der Waals surface area contributed by atoms with Crippen LogP contribution >= 0.6 is 11.6 Å². The highest BCUT2D eigenvalue weighted by Crippen LogP contribution is 2.10. The van der Waals surface area contributed by atoms with Crippen molar-refractivity contribution in [1.29, 1.82) is 0 Å². The highest BCUT2D eigenvalue weighted by molar-refractivity contribution is 6.30. The molecule has 0 atom stereocenters. The van der Waals surface area contributed by atoms with Gasteiger partial charge in [-0.05, 0) is 42.7 Å². The first kappa shape index (κ1) is 18.3. The molecule has 2 rings (SSSR count). The van der Waals surface area contributed by atoms with Crippen molar-refractivity contribution in [3.8, 4) is 0 Å². The molecule has 2 aromatic rings. The van der Waals surface area contributed by atoms with E-state index in [4.69, 9.17) is 11.6 Å². The van der Waals surface area contributed by atoms with Gasteiger partial charge in [-0.25, -0.2) is 0 Å². The molecule has 128 valence electrons. The third kappa shape index (κ3) is 6.20. The van der Waals surface area contributed by atoms with Gasteiger partial charge in [0.15, 0.2) is 0 Å². The number of amides is 1. The van der Waals surface area contributed by atoms with Gasteiger partial charge in [0, 0.05) is 30.0 Å². The van der Waals surface area contributed by atoms with E-state index >= 15 is 0 Å². The molecule has 1 amide bonds. The summed E-state index contributed by atoms with van der Waals surface area (Å²) in [4.78, 5) is 16.3. The summed E-state index contributed by atoms with van der Waals surface area (Å²) in [6.45, 7) is 3.66. The molecular weight excluding hydrogens is 322 g/mol. The number of benzene rings is 1. The Bertz CT molecular complexity index is 643. The van der Waals surface area contributed by atoms with E-state index in [1.807, 2.05) is 30.3 Å². The van der Waals surface area contributed by atoms with Gasteiger partial charge in [-0.3, -0.25) is 9.78 Å². The second kappa shape index (κ2) is 9.93. The van der Waals surface area contributed by atoms with Crippen molar-refractivity contribution in [1.82, 2.24) is 10.3 Å². The summed E-state index contributed by atoms with van der Waals surface area (Å²) < 4.78 is 0. The van der Waals surface area contributed by atoms with Crippen LogP contribution in [-0.2, 0) is 6.42 Å². The maximum atomic E-state index is 12.2. The lowest BCUT2D eigenvalue weighted by Gasteiger charge is -2.08. The smallest absolute Gasteiger partial charge is 0.269 e. The minimum atomic E-state index is -0.152. The molecule has 2 N–H and O–H groups in total. The Balaban J connectivity index is 1.80. The highest BCUT2D eigenvalue weighted by atomic mass is 35.5. The standard InChI is InChI=1S/C19H24ClN3O/c1-2-3-4-11-21-17-10-13-22-18(14-17)19(24)23-12-9-15-5-7-16(20)8-6-15/h5-8,10,13-14H,2-4,9,11-12H2,1H3,(H,21,22)(H,23,24). The number of nitrogens with one attached hydrogen (secondary N) is 2. The van der Waals surface area contributed by atoms with Gasteiger partial charge in [-0.15, -0.1) is 0 Å². The van der Waals surface area contributed by atoms with Crippen LogP contribution in [-0.4, -0.2) is 24.0 Å². The molecule has 0 aliphatic rings. The van der Waals surface area contributed by atoms with Crippen molar-refractivity contribution in [2.24, 2.45) is 0 Å². The van der Waals surface area contributed by atoms with Crippen molar-refractivity contribution in [3.63, 3.8) is 0 Å². The minimum absolute atomic E-state index is 0.152. The number of rotatable bonds is 9. The number of carbonyl (C=O) groups is 1. The fraction of sp³-hybridized carbons (Fsp3) is 0.368. The van der Waals surface area contributed by atoms with Crippen LogP contribution < -0.4 is 10.6 Å². The molecule has 0 aliphatic carbocycles. The van der Waals surface area contributed by atoms with E-state index in [0.29, 0.717) is 12.2 Å². The molecular formula is C19H24ClN3O. The van der Waals surface area contributed by atoms with Crippen LogP contribution in [0, 0.1) is 0 Å². The summed E-state index contributed by atoms with van der Waals surface area (Å²) in [5.74, 6) is -0.152. The van der Waals surface area contributed by atoms with Crippen molar-refractivity contribution in [2.45, 2.75) is 32.6 Å². The summed E-state index contributed by atoms with van der Waals surface area (Å²) in [5, 5.41) is 6.95. The van der Waals surface area contributed by atoms with Crippen LogP contribution in [0.4, 0.5) is 5.69 Å². The number of pyridine rings is 1. The Labute approximate surface area is 148 Å². The number of aromatic nitrogens is 1. The van der Waals surface area contributed by atoms with E-state index in [1.54, 1.807) is 12.3 Å². The van der Waals surface area contributed by atoms with Gasteiger partial charge in [-0.1, -0.05) is 43.5 Å². The van der Waals surface area contributed by atoms with Crippen LogP contribution in [0.3, 0.4) is 0 Å². The predicted octanol–water partition coefficient (Wildman–Crippen LogP) is 4.31. The van der Waals surface area contributed by atoms with Gasteiger partial charge >= 0.3 is 0 Å². The average molecular weight is 346 g/mol. The zero-order valence-corrected chi connectivity index (χ0v) is 14.8. The molecule has 24 heavy (non-hydrogen) atoms. The first-order valence-electron chi connectivity index (χ1n) is 8.41. The monoisotopic (exact) mass is 345 g/mol. The first-order chi connectivity index (χ1) is 11.7. The van der Waals surface area contributed by atoms with Crippen LogP contribution in [0.1, 0.15) is 42.2 Å². The largest absolute Gasteiger partial charge is 0.385 e. The normalized spacial score (nSPS) is 10.4. The molecule has 5 heteroatoms. The van der Waals surface area contributed by atoms with Crippen LogP contribution in [0.5, 0.6) is 0 Å². The second-order valence-corrected chi connectivity index (χ2v) is 6.13. The summed E-state index contributed by atoms with van der Waals surface area (Å²) in [6, 6.07) is 11.3. The Morgan fingerprint density at radius 3 is 2.67 bits per heavy atom. The average Bonchev–Trinajstić information content (AvgIpc) is 2.61. The number of hydrogen-bond acceptors (Lipinski definition) is 3. The Morgan fingerprint density at radius 2 is 1.92 bits per heavy atom. The van der Waals surface area contributed by atoms with Gasteiger partial charge in [0.1, 0.15) is 5.69 Å². The van der Waals surface area contributed by atoms with E-state index < -0.39 is 0 Å². The van der Waals surface area contributed by atoms with Crippen molar-refractivity contribution < 1.29 is 4.79 Å². The van der Waals surface area contributed by atoms with Gasteiger partial charge in [-0.2, -0.15) is 0 Å². The van der Waals surface area contributed by atoms with Crippen molar-refractivity contribution in [3.05, 3.63) is 58.9 Å². The lowest BCUT2D eigenvalue weighted by Crippen LogP contribution is -2.26. The van der Waals surface area contributed by atoms with E-state index in [0.717, 1.165) is 35.7 Å². The molecule has 0 aliphatic heterocycles. The summed E-state index contributed by atoms with van der Waals surface area (Å²) in [6.07, 6.45) is 5.95. The van der Waals surface area contributed by atoms with E-state index in [-0.39, 0.29) is 5.91 Å². The topological polar surface area (TPSA) is 54.0 Å². The lowest BCUT2D eigenvalue weighted by atomic mass is 10.1. The van der Waals surface area contributed by atoms with Gasteiger partial charge < -0.3 is 10.6 Å². The fourth-order valence-electron chi connectivity index (χ4n) is 2.33. The zero-order chi connectivity index (χ0) is 17.2. The van der Waals surface area contributed by atoms with Gasteiger partial charge in [0.25, 0.3) is 5.91 Å². The Morgan fingerprint density at radius 1 is 1.12 bits per heavy atom. The van der Waals surface area contributed by atoms with Crippen LogP contribution in [0.25, 0.3) is 0 Å². The molecule has 0 saturated carbocycles. The Hall–Kier alpha value is -2.07. The van der Waals surface area contributed by atoms with Gasteiger partial charge in [0.05, 0.1) is 0 Å². The second-order valence-electron chi connectivity index (χ2n) is 5.70. The van der Waals surface area contributed by atoms with Crippen LogP contribution in [0.15, 0.2) is 42.6 Å². The summed E-state index contributed by atoms with van der Waals surface area (Å²) in [5.41, 5.74) is 2.51. The number of anilines is 1. The third-order valence-corrected chi connectivity index (χ3v) is 3.97. The van der Waals surface area contributed by atoms with E-state index in [1.165, 1.54) is 12.8 Å². The SMILES string of the molecule is CCCCCNc1ccnc(C(=O)NCCc2ccc(Cl)cc2)c1. The molecule has 0 radical (unpaired) electrons. The van der Waals surface area contributed by atoms with Crippen LogP contribution in [0.2, 0.25) is 5.02 Å². The van der Waals surface area contributed by atoms with Crippen molar-refractivity contribution in [2.75, 3.05) is 18.4 Å². The molecule has 1 aromatic heterocycles. The van der Waals surface area contributed by atoms with E-state index in [2.05, 4.69) is 22.5 Å². The maximum Gasteiger partial charge on any atom is 0.269 e. The number of hydrogen-bond donors (Lipinski definition) is 2. The fourth-order valence-corrected chi connectivity index (χ4v) is 2.46. The number of halogens is 1. The van der Waals surface area contributed by atoms with E-state index in [9.17, 15) is 4.79 Å². The lowest BCUT2D eigenvalue weighted by molar-refractivity contribution is 0.0949. The quantitative estimate of drug-likeness (QED) is 0.666. The molecule has 4 nitrogen and oxygen atoms in total. The number of nitrogens with zero attached hydrogens (tertiary/aromatic N) is 1. The Kier molecular flexibility index (Phi) is 7.56. The van der Waals surface area contributed by atoms with Gasteiger partial charge in [0.2, 0.25) is 0 Å². The molecule has 0 unspecified atom stereocenters. The van der Waals surface area contributed by atoms with Crippen molar-refractivity contribution >= 4 is 23.2 Å². The minimum Gasteiger partial charge on any atom is -0.385 e. The molecule has 0 saturated heterocycles. The molecule has 0 spiro atoms. The predicted molar refractivity (Wildman–Crippen MR) is 99.7 cm³/mol.